The smallest absolute Gasteiger partial charge is 0.136 e. The first kappa shape index (κ1) is 16.2. The lowest BCUT2D eigenvalue weighted by Crippen LogP contribution is -2.38. The molecule has 1 aliphatic heterocycles. The van der Waals surface area contributed by atoms with E-state index in [2.05, 4.69) is 0 Å². The summed E-state index contributed by atoms with van der Waals surface area (Å²) < 4.78 is 26.3. The lowest BCUT2D eigenvalue weighted by Gasteiger charge is -2.38. The SMILES string of the molecule is OC(c1ccc(F)cc1)(c1ccc(F)cc1)C1SCSCS1. The average Bonchev–Trinajstić information content (AvgIpc) is 2.56. The highest BCUT2D eigenvalue weighted by molar-refractivity contribution is 8.32. The second-order valence-corrected chi connectivity index (χ2v) is 9.09. The van der Waals surface area contributed by atoms with Crippen LogP contribution in [0.4, 0.5) is 8.78 Å². The Hall–Kier alpha value is -0.690. The van der Waals surface area contributed by atoms with E-state index in [1.54, 1.807) is 59.6 Å². The topological polar surface area (TPSA) is 20.2 Å². The molecule has 0 spiro atoms. The van der Waals surface area contributed by atoms with Gasteiger partial charge in [0.1, 0.15) is 17.2 Å². The molecule has 0 amide bonds. The van der Waals surface area contributed by atoms with Crippen molar-refractivity contribution in [2.24, 2.45) is 0 Å². The second kappa shape index (κ2) is 6.83. The van der Waals surface area contributed by atoms with Gasteiger partial charge in [0.25, 0.3) is 0 Å². The van der Waals surface area contributed by atoms with E-state index in [9.17, 15) is 13.9 Å². The third-order valence-electron chi connectivity index (χ3n) is 3.52. The predicted octanol–water partition coefficient (Wildman–Crippen LogP) is 4.66. The van der Waals surface area contributed by atoms with Gasteiger partial charge in [0.15, 0.2) is 0 Å². The maximum atomic E-state index is 13.2. The number of halogens is 2. The van der Waals surface area contributed by atoms with E-state index in [1.165, 1.54) is 24.3 Å². The summed E-state index contributed by atoms with van der Waals surface area (Å²) in [4.78, 5) is 0. The first-order chi connectivity index (χ1) is 10.6. The summed E-state index contributed by atoms with van der Waals surface area (Å²) in [5.74, 6) is -0.686. The van der Waals surface area contributed by atoms with Crippen molar-refractivity contribution in [3.8, 4) is 0 Å². The first-order valence-corrected chi connectivity index (χ1v) is 9.91. The molecular weight excluding hydrogens is 342 g/mol. The Morgan fingerprint density at radius 3 is 1.64 bits per heavy atom. The average molecular weight is 356 g/mol. The summed E-state index contributed by atoms with van der Waals surface area (Å²) >= 11 is 5.12. The van der Waals surface area contributed by atoms with Crippen molar-refractivity contribution in [2.45, 2.75) is 10.2 Å². The van der Waals surface area contributed by atoms with Crippen molar-refractivity contribution in [3.63, 3.8) is 0 Å². The molecule has 0 unspecified atom stereocenters. The molecule has 2 aromatic carbocycles. The van der Waals surface area contributed by atoms with Crippen LogP contribution in [0, 0.1) is 11.6 Å². The number of rotatable bonds is 3. The van der Waals surface area contributed by atoms with Gasteiger partial charge >= 0.3 is 0 Å². The highest BCUT2D eigenvalue weighted by atomic mass is 32.3. The minimum atomic E-state index is -1.28. The lowest BCUT2D eigenvalue weighted by atomic mass is 9.88. The molecular formula is C16H14F2OS3. The molecule has 6 heteroatoms. The van der Waals surface area contributed by atoms with Gasteiger partial charge < -0.3 is 5.11 Å². The molecule has 22 heavy (non-hydrogen) atoms. The molecule has 1 nitrogen and oxygen atoms in total. The minimum absolute atomic E-state index is 0.121. The lowest BCUT2D eigenvalue weighted by molar-refractivity contribution is 0.0991. The van der Waals surface area contributed by atoms with Crippen molar-refractivity contribution < 1.29 is 13.9 Å². The maximum absolute atomic E-state index is 13.2. The van der Waals surface area contributed by atoms with Gasteiger partial charge in [-0.25, -0.2) is 8.78 Å². The van der Waals surface area contributed by atoms with Crippen LogP contribution >= 0.6 is 35.3 Å². The van der Waals surface area contributed by atoms with Gasteiger partial charge in [0, 0.05) is 10.2 Å². The molecule has 0 aliphatic carbocycles. The van der Waals surface area contributed by atoms with Crippen LogP contribution in [0.1, 0.15) is 11.1 Å². The maximum Gasteiger partial charge on any atom is 0.136 e. The van der Waals surface area contributed by atoms with Crippen LogP contribution in [0.15, 0.2) is 48.5 Å². The van der Waals surface area contributed by atoms with Crippen LogP contribution in [-0.4, -0.2) is 19.9 Å². The highest BCUT2D eigenvalue weighted by Crippen LogP contribution is 2.49. The molecule has 0 saturated carbocycles. The van der Waals surface area contributed by atoms with Gasteiger partial charge in [0.05, 0.1) is 4.58 Å². The molecule has 116 valence electrons. The van der Waals surface area contributed by atoms with E-state index in [0.29, 0.717) is 11.1 Å². The molecule has 1 heterocycles. The van der Waals surface area contributed by atoms with E-state index in [1.807, 2.05) is 0 Å². The Labute approximate surface area is 140 Å². The molecule has 0 radical (unpaired) electrons. The Kier molecular flexibility index (Phi) is 5.02. The zero-order valence-corrected chi connectivity index (χ0v) is 14.0. The highest BCUT2D eigenvalue weighted by Gasteiger charge is 2.42. The van der Waals surface area contributed by atoms with Crippen LogP contribution in [0.25, 0.3) is 0 Å². The summed E-state index contributed by atoms with van der Waals surface area (Å²) in [6.45, 7) is 0. The molecule has 0 atom stereocenters. The van der Waals surface area contributed by atoms with Gasteiger partial charge in [-0.1, -0.05) is 24.3 Å². The van der Waals surface area contributed by atoms with Crippen LogP contribution < -0.4 is 0 Å². The van der Waals surface area contributed by atoms with Gasteiger partial charge in [-0.3, -0.25) is 0 Å². The standard InChI is InChI=1S/C16H14F2OS3/c17-13-5-1-11(2-6-13)16(19,15-21-9-20-10-22-15)12-3-7-14(18)8-4-12/h1-8,15,19H,9-10H2. The monoisotopic (exact) mass is 356 g/mol. The molecule has 1 fully saturated rings. The number of aliphatic hydroxyl groups is 1. The Balaban J connectivity index is 2.08. The van der Waals surface area contributed by atoms with Crippen molar-refractivity contribution >= 4 is 35.3 Å². The molecule has 0 aromatic heterocycles. The van der Waals surface area contributed by atoms with E-state index in [-0.39, 0.29) is 16.2 Å². The van der Waals surface area contributed by atoms with Crippen LogP contribution in [0.5, 0.6) is 0 Å². The summed E-state index contributed by atoms with van der Waals surface area (Å²) in [5.41, 5.74) is -0.0348. The summed E-state index contributed by atoms with van der Waals surface area (Å²) in [5, 5.41) is 13.2. The second-order valence-electron chi connectivity index (χ2n) is 4.89. The van der Waals surface area contributed by atoms with Crippen molar-refractivity contribution in [3.05, 3.63) is 71.3 Å². The number of benzene rings is 2. The normalized spacial score (nSPS) is 16.7. The molecule has 0 bridgehead atoms. The molecule has 1 N–H and O–H groups in total. The van der Waals surface area contributed by atoms with E-state index < -0.39 is 5.60 Å². The van der Waals surface area contributed by atoms with Crippen molar-refractivity contribution in [1.29, 1.82) is 0 Å². The van der Waals surface area contributed by atoms with Gasteiger partial charge in [0.2, 0.25) is 0 Å². The Morgan fingerprint density at radius 1 is 0.818 bits per heavy atom. The van der Waals surface area contributed by atoms with Crippen molar-refractivity contribution in [2.75, 3.05) is 10.2 Å². The van der Waals surface area contributed by atoms with Gasteiger partial charge in [-0.2, -0.15) is 0 Å². The fourth-order valence-corrected chi connectivity index (χ4v) is 7.44. The largest absolute Gasteiger partial charge is 0.378 e. The molecule has 2 aromatic rings. The zero-order chi connectivity index (χ0) is 15.6. The molecule has 3 rings (SSSR count). The molecule has 1 aliphatic rings. The number of hydrogen-bond acceptors (Lipinski definition) is 4. The Bertz CT molecular complexity index is 579. The zero-order valence-electron chi connectivity index (χ0n) is 11.5. The molecule has 1 saturated heterocycles. The number of thioether (sulfide) groups is 3. The Morgan fingerprint density at radius 2 is 1.23 bits per heavy atom. The van der Waals surface area contributed by atoms with Crippen LogP contribution in [0.2, 0.25) is 0 Å². The van der Waals surface area contributed by atoms with E-state index in [0.717, 1.165) is 10.2 Å². The third kappa shape index (κ3) is 3.15. The van der Waals surface area contributed by atoms with Crippen molar-refractivity contribution in [1.82, 2.24) is 0 Å². The van der Waals surface area contributed by atoms with E-state index in [4.69, 9.17) is 0 Å². The minimum Gasteiger partial charge on any atom is -0.378 e. The van der Waals surface area contributed by atoms with Crippen LogP contribution in [-0.2, 0) is 5.60 Å². The van der Waals surface area contributed by atoms with Crippen LogP contribution in [0.3, 0.4) is 0 Å². The quantitative estimate of drug-likeness (QED) is 0.863. The predicted molar refractivity (Wildman–Crippen MR) is 92.1 cm³/mol. The van der Waals surface area contributed by atoms with Gasteiger partial charge in [-0.15, -0.1) is 35.3 Å². The fourth-order valence-electron chi connectivity index (χ4n) is 2.39. The fraction of sp³-hybridized carbons (Fsp3) is 0.250. The van der Waals surface area contributed by atoms with E-state index >= 15 is 0 Å². The summed E-state index contributed by atoms with van der Waals surface area (Å²) in [7, 11) is 0. The number of hydrogen-bond donors (Lipinski definition) is 1. The van der Waals surface area contributed by atoms with Gasteiger partial charge in [-0.05, 0) is 35.4 Å². The summed E-state index contributed by atoms with van der Waals surface area (Å²) in [6.07, 6.45) is 0. The third-order valence-corrected chi connectivity index (χ3v) is 8.04. The first-order valence-electron chi connectivity index (χ1n) is 6.66. The summed E-state index contributed by atoms with van der Waals surface area (Å²) in [6, 6.07) is 11.8.